The van der Waals surface area contributed by atoms with E-state index >= 15 is 0 Å². The van der Waals surface area contributed by atoms with Crippen molar-refractivity contribution in [2.75, 3.05) is 13.2 Å². The van der Waals surface area contributed by atoms with Crippen molar-refractivity contribution in [1.29, 1.82) is 0 Å². The number of hydrazone groups is 1. The quantitative estimate of drug-likeness (QED) is 0.296. The van der Waals surface area contributed by atoms with Crippen molar-refractivity contribution >= 4 is 18.4 Å². The second-order valence-electron chi connectivity index (χ2n) is 2.95. The third kappa shape index (κ3) is 3.55. The van der Waals surface area contributed by atoms with E-state index in [9.17, 15) is 0 Å². The van der Waals surface area contributed by atoms with E-state index in [-0.39, 0.29) is 0 Å². The number of nitrogens with zero attached hydrogens (tertiary/aromatic N) is 4. The van der Waals surface area contributed by atoms with Gasteiger partial charge in [0.05, 0.1) is 6.54 Å². The summed E-state index contributed by atoms with van der Waals surface area (Å²) in [7, 11) is 0. The summed E-state index contributed by atoms with van der Waals surface area (Å²) in [4.78, 5) is 9.14. The van der Waals surface area contributed by atoms with Crippen LogP contribution < -0.4 is 0 Å². The highest BCUT2D eigenvalue weighted by Crippen LogP contribution is 1.95. The molecule has 5 nitrogen and oxygen atoms in total. The number of aliphatic imine (C=N–C) groups is 1. The third-order valence-corrected chi connectivity index (χ3v) is 1.70. The van der Waals surface area contributed by atoms with Crippen molar-refractivity contribution < 1.29 is 4.84 Å². The Morgan fingerprint density at radius 2 is 2.50 bits per heavy atom. The van der Waals surface area contributed by atoms with E-state index in [0.717, 1.165) is 12.8 Å². The van der Waals surface area contributed by atoms with Crippen LogP contribution in [0.1, 0.15) is 26.7 Å². The van der Waals surface area contributed by atoms with Gasteiger partial charge in [-0.25, -0.2) is 5.01 Å². The van der Waals surface area contributed by atoms with Crippen molar-refractivity contribution in [2.24, 2.45) is 15.2 Å². The lowest BCUT2D eigenvalue weighted by atomic mass is 10.4. The zero-order chi connectivity index (χ0) is 10.2. The summed E-state index contributed by atoms with van der Waals surface area (Å²) in [6, 6.07) is 0. The molecule has 0 aromatic carbocycles. The SMILES string of the molecule is CCCCO/N=C(\C)N1C=NCC=N1. The zero-order valence-electron chi connectivity index (χ0n) is 8.68. The van der Waals surface area contributed by atoms with Gasteiger partial charge in [0.15, 0.2) is 5.84 Å². The minimum atomic E-state index is 0.639. The van der Waals surface area contributed by atoms with Gasteiger partial charge in [-0.2, -0.15) is 5.10 Å². The molecule has 0 aromatic rings. The molecular weight excluding hydrogens is 180 g/mol. The summed E-state index contributed by atoms with van der Waals surface area (Å²) >= 11 is 0. The van der Waals surface area contributed by atoms with Crippen molar-refractivity contribution in [1.82, 2.24) is 5.01 Å². The first-order valence-electron chi connectivity index (χ1n) is 4.82. The first kappa shape index (κ1) is 10.7. The molecule has 1 aliphatic rings. The standard InChI is InChI=1S/C9H16N4O/c1-3-4-7-14-12-9(2)13-8-10-5-6-11-13/h6,8H,3-5,7H2,1-2H3/b12-9+. The van der Waals surface area contributed by atoms with Crippen LogP contribution in [0.3, 0.4) is 0 Å². The average Bonchev–Trinajstić information content (AvgIpc) is 2.25. The maximum atomic E-state index is 5.10. The molecule has 0 aliphatic carbocycles. The minimum Gasteiger partial charge on any atom is -0.394 e. The lowest BCUT2D eigenvalue weighted by Crippen LogP contribution is -2.24. The molecule has 0 aromatic heterocycles. The fraction of sp³-hybridized carbons (Fsp3) is 0.667. The van der Waals surface area contributed by atoms with Gasteiger partial charge in [-0.1, -0.05) is 18.5 Å². The Balaban J connectivity index is 2.31. The van der Waals surface area contributed by atoms with Crippen LogP contribution in [-0.4, -0.2) is 36.5 Å². The molecule has 0 N–H and O–H groups in total. The van der Waals surface area contributed by atoms with Gasteiger partial charge in [0.1, 0.15) is 12.9 Å². The maximum absolute atomic E-state index is 5.10. The minimum absolute atomic E-state index is 0.639. The van der Waals surface area contributed by atoms with E-state index in [1.807, 2.05) is 6.92 Å². The highest BCUT2D eigenvalue weighted by atomic mass is 16.6. The Morgan fingerprint density at radius 1 is 1.64 bits per heavy atom. The molecule has 78 valence electrons. The Hall–Kier alpha value is -1.39. The number of unbranched alkanes of at least 4 members (excludes halogenated alkanes) is 1. The van der Waals surface area contributed by atoms with Crippen LogP contribution in [0.25, 0.3) is 0 Å². The van der Waals surface area contributed by atoms with Crippen LogP contribution in [0.5, 0.6) is 0 Å². The van der Waals surface area contributed by atoms with Gasteiger partial charge in [0.2, 0.25) is 0 Å². The molecule has 14 heavy (non-hydrogen) atoms. The molecule has 0 saturated heterocycles. The summed E-state index contributed by atoms with van der Waals surface area (Å²) in [6.45, 7) is 5.24. The van der Waals surface area contributed by atoms with Crippen molar-refractivity contribution in [3.05, 3.63) is 0 Å². The van der Waals surface area contributed by atoms with Gasteiger partial charge >= 0.3 is 0 Å². The molecular formula is C9H16N4O. The van der Waals surface area contributed by atoms with Crippen LogP contribution in [0.15, 0.2) is 15.2 Å². The van der Waals surface area contributed by atoms with E-state index in [0.29, 0.717) is 19.0 Å². The summed E-state index contributed by atoms with van der Waals surface area (Å²) in [6.07, 6.45) is 5.50. The molecule has 0 unspecified atom stereocenters. The van der Waals surface area contributed by atoms with Crippen LogP contribution >= 0.6 is 0 Å². The Labute approximate surface area is 84.1 Å². The largest absolute Gasteiger partial charge is 0.394 e. The number of amidine groups is 1. The summed E-state index contributed by atoms with van der Waals surface area (Å²) in [5.74, 6) is 0.695. The van der Waals surface area contributed by atoms with E-state index in [1.165, 1.54) is 0 Å². The summed E-state index contributed by atoms with van der Waals surface area (Å²) in [5, 5.41) is 9.59. The summed E-state index contributed by atoms with van der Waals surface area (Å²) in [5.41, 5.74) is 0. The van der Waals surface area contributed by atoms with Crippen LogP contribution in [0.2, 0.25) is 0 Å². The van der Waals surface area contributed by atoms with Crippen molar-refractivity contribution in [3.8, 4) is 0 Å². The lowest BCUT2D eigenvalue weighted by molar-refractivity contribution is 0.138. The molecule has 0 radical (unpaired) electrons. The molecule has 0 spiro atoms. The fourth-order valence-corrected chi connectivity index (χ4v) is 0.883. The number of oxime groups is 1. The van der Waals surface area contributed by atoms with E-state index < -0.39 is 0 Å². The van der Waals surface area contributed by atoms with Gasteiger partial charge in [-0.05, 0) is 13.3 Å². The van der Waals surface area contributed by atoms with Crippen LogP contribution in [0, 0.1) is 0 Å². The first-order valence-corrected chi connectivity index (χ1v) is 4.82. The second kappa shape index (κ2) is 6.12. The number of rotatable bonds is 4. The van der Waals surface area contributed by atoms with Crippen molar-refractivity contribution in [2.45, 2.75) is 26.7 Å². The third-order valence-electron chi connectivity index (χ3n) is 1.70. The van der Waals surface area contributed by atoms with E-state index in [1.54, 1.807) is 17.6 Å². The predicted molar refractivity (Wildman–Crippen MR) is 57.7 cm³/mol. The van der Waals surface area contributed by atoms with Gasteiger partial charge in [0.25, 0.3) is 0 Å². The van der Waals surface area contributed by atoms with Crippen molar-refractivity contribution in [3.63, 3.8) is 0 Å². The monoisotopic (exact) mass is 196 g/mol. The molecule has 1 rings (SSSR count). The van der Waals surface area contributed by atoms with Gasteiger partial charge in [-0.3, -0.25) is 4.99 Å². The molecule has 0 bridgehead atoms. The second-order valence-corrected chi connectivity index (χ2v) is 2.95. The Morgan fingerprint density at radius 3 is 3.14 bits per heavy atom. The topological polar surface area (TPSA) is 49.5 Å². The molecule has 5 heteroatoms. The highest BCUT2D eigenvalue weighted by Gasteiger charge is 2.03. The van der Waals surface area contributed by atoms with E-state index in [2.05, 4.69) is 22.2 Å². The predicted octanol–water partition coefficient (Wildman–Crippen LogP) is 1.47. The number of hydrogen-bond donors (Lipinski definition) is 0. The molecule has 0 atom stereocenters. The van der Waals surface area contributed by atoms with Crippen LogP contribution in [-0.2, 0) is 4.84 Å². The maximum Gasteiger partial charge on any atom is 0.167 e. The zero-order valence-corrected chi connectivity index (χ0v) is 8.68. The summed E-state index contributed by atoms with van der Waals surface area (Å²) < 4.78 is 0. The normalized spacial score (nSPS) is 16.1. The fourth-order valence-electron chi connectivity index (χ4n) is 0.883. The molecule has 0 saturated carbocycles. The van der Waals surface area contributed by atoms with Gasteiger partial charge in [-0.15, -0.1) is 0 Å². The van der Waals surface area contributed by atoms with Gasteiger partial charge < -0.3 is 4.84 Å². The van der Waals surface area contributed by atoms with E-state index in [4.69, 9.17) is 4.84 Å². The number of hydrogen-bond acceptors (Lipinski definition) is 4. The highest BCUT2D eigenvalue weighted by molar-refractivity contribution is 5.91. The Bertz CT molecular complexity index is 235. The Kier molecular flexibility index (Phi) is 4.68. The van der Waals surface area contributed by atoms with Crippen LogP contribution in [0.4, 0.5) is 0 Å². The molecule has 1 aliphatic heterocycles. The first-order chi connectivity index (χ1) is 6.84. The lowest BCUT2D eigenvalue weighted by Gasteiger charge is -2.13. The average molecular weight is 196 g/mol. The molecule has 1 heterocycles. The molecule has 0 amide bonds. The van der Waals surface area contributed by atoms with Gasteiger partial charge in [0, 0.05) is 6.21 Å². The molecule has 0 fully saturated rings. The smallest absolute Gasteiger partial charge is 0.167 e.